The van der Waals surface area contributed by atoms with E-state index >= 15 is 0 Å². The fourth-order valence-electron chi connectivity index (χ4n) is 1.98. The lowest BCUT2D eigenvalue weighted by atomic mass is 10.1. The lowest BCUT2D eigenvalue weighted by molar-refractivity contribution is 0.103. The number of carbonyl (C=O) groups is 1. The summed E-state index contributed by atoms with van der Waals surface area (Å²) in [6, 6.07) is 5.09. The first-order valence-corrected chi connectivity index (χ1v) is 6.32. The van der Waals surface area contributed by atoms with Crippen molar-refractivity contribution in [2.24, 2.45) is 5.73 Å². The summed E-state index contributed by atoms with van der Waals surface area (Å²) in [5.41, 5.74) is 6.21. The molecule has 0 fully saturated rings. The summed E-state index contributed by atoms with van der Waals surface area (Å²) in [4.78, 5) is 12.3. The van der Waals surface area contributed by atoms with Crippen LogP contribution in [0.4, 0.5) is 0 Å². The predicted molar refractivity (Wildman–Crippen MR) is 69.9 cm³/mol. The number of ether oxygens (including phenoxy) is 2. The van der Waals surface area contributed by atoms with E-state index in [1.54, 1.807) is 29.1 Å². The van der Waals surface area contributed by atoms with Crippen molar-refractivity contribution in [1.29, 1.82) is 0 Å². The molecule has 1 aromatic heterocycles. The molecule has 0 aliphatic carbocycles. The number of rotatable bonds is 4. The molecule has 0 amide bonds. The second kappa shape index (κ2) is 5.30. The fraction of sp³-hybridized carbons (Fsp3) is 0.308. The van der Waals surface area contributed by atoms with Crippen molar-refractivity contribution in [3.05, 3.63) is 35.7 Å². The third kappa shape index (κ3) is 2.35. The Kier molecular flexibility index (Phi) is 3.34. The normalized spacial score (nSPS) is 13.2. The van der Waals surface area contributed by atoms with Crippen LogP contribution in [0, 0.1) is 0 Å². The second-order valence-electron chi connectivity index (χ2n) is 4.34. The van der Waals surface area contributed by atoms with Crippen LogP contribution in [0.1, 0.15) is 16.1 Å². The zero-order valence-corrected chi connectivity index (χ0v) is 10.8. The van der Waals surface area contributed by atoms with Crippen LogP contribution in [0.25, 0.3) is 0 Å². The first-order chi connectivity index (χ1) is 9.78. The Morgan fingerprint density at radius 2 is 2.10 bits per heavy atom. The maximum Gasteiger partial charge on any atom is 0.215 e. The monoisotopic (exact) mass is 274 g/mol. The number of nitrogens with two attached hydrogens (primary N) is 1. The molecule has 0 saturated heterocycles. The van der Waals surface area contributed by atoms with Gasteiger partial charge < -0.3 is 15.2 Å². The van der Waals surface area contributed by atoms with Crippen molar-refractivity contribution in [2.45, 2.75) is 6.54 Å². The number of fused-ring (bicyclic) bond motifs is 1. The third-order valence-electron chi connectivity index (χ3n) is 2.93. The molecule has 7 heteroatoms. The summed E-state index contributed by atoms with van der Waals surface area (Å²) < 4.78 is 12.4. The highest BCUT2D eigenvalue weighted by molar-refractivity contribution is 6.07. The van der Waals surface area contributed by atoms with Crippen molar-refractivity contribution >= 4 is 5.78 Å². The zero-order chi connectivity index (χ0) is 13.9. The SMILES string of the molecule is NCCn1cc(C(=O)c2ccc3c(c2)OCCO3)nn1. The summed E-state index contributed by atoms with van der Waals surface area (Å²) >= 11 is 0. The number of ketones is 1. The van der Waals surface area contributed by atoms with E-state index in [4.69, 9.17) is 15.2 Å². The number of nitrogens with zero attached hydrogens (tertiary/aromatic N) is 3. The molecule has 3 rings (SSSR count). The molecule has 20 heavy (non-hydrogen) atoms. The van der Waals surface area contributed by atoms with Crippen molar-refractivity contribution in [3.63, 3.8) is 0 Å². The van der Waals surface area contributed by atoms with E-state index in [1.165, 1.54) is 0 Å². The fourth-order valence-corrected chi connectivity index (χ4v) is 1.98. The van der Waals surface area contributed by atoms with Crippen molar-refractivity contribution < 1.29 is 14.3 Å². The lowest BCUT2D eigenvalue weighted by Crippen LogP contribution is -2.16. The largest absolute Gasteiger partial charge is 0.486 e. The van der Waals surface area contributed by atoms with Gasteiger partial charge in [-0.3, -0.25) is 9.48 Å². The van der Waals surface area contributed by atoms with Crippen LogP contribution in [0.5, 0.6) is 11.5 Å². The molecular weight excluding hydrogens is 260 g/mol. The molecule has 2 N–H and O–H groups in total. The minimum Gasteiger partial charge on any atom is -0.486 e. The van der Waals surface area contributed by atoms with E-state index in [9.17, 15) is 4.79 Å². The third-order valence-corrected chi connectivity index (χ3v) is 2.93. The van der Waals surface area contributed by atoms with Crippen molar-refractivity contribution in [3.8, 4) is 11.5 Å². The summed E-state index contributed by atoms with van der Waals surface area (Å²) in [6.07, 6.45) is 1.59. The van der Waals surface area contributed by atoms with Crippen LogP contribution >= 0.6 is 0 Å². The molecule has 1 aliphatic rings. The van der Waals surface area contributed by atoms with Gasteiger partial charge in [0.15, 0.2) is 17.2 Å². The smallest absolute Gasteiger partial charge is 0.215 e. The summed E-state index contributed by atoms with van der Waals surface area (Å²) in [7, 11) is 0. The number of carbonyl (C=O) groups excluding carboxylic acids is 1. The molecule has 1 aliphatic heterocycles. The van der Waals surface area contributed by atoms with Crippen LogP contribution in [-0.4, -0.2) is 40.5 Å². The van der Waals surface area contributed by atoms with Gasteiger partial charge in [-0.1, -0.05) is 5.21 Å². The maximum absolute atomic E-state index is 12.3. The first-order valence-electron chi connectivity index (χ1n) is 6.32. The predicted octanol–water partition coefficient (Wildman–Crippen LogP) is 0.239. The molecule has 0 spiro atoms. The summed E-state index contributed by atoms with van der Waals surface area (Å²) in [5, 5.41) is 7.71. The van der Waals surface area contributed by atoms with Crippen molar-refractivity contribution in [2.75, 3.05) is 19.8 Å². The van der Waals surface area contributed by atoms with Crippen LogP contribution in [-0.2, 0) is 6.54 Å². The van der Waals surface area contributed by atoms with E-state index < -0.39 is 0 Å². The standard InChI is InChI=1S/C13H14N4O3/c14-3-4-17-8-10(15-16-17)13(18)9-1-2-11-12(7-9)20-6-5-19-11/h1-2,7-8H,3-6,14H2. The van der Waals surface area contributed by atoms with Gasteiger partial charge in [0.25, 0.3) is 0 Å². The molecule has 0 saturated carbocycles. The van der Waals surface area contributed by atoms with Gasteiger partial charge in [0.1, 0.15) is 13.2 Å². The van der Waals surface area contributed by atoms with Crippen LogP contribution in [0.2, 0.25) is 0 Å². The Hall–Kier alpha value is -2.41. The highest BCUT2D eigenvalue weighted by Crippen LogP contribution is 2.31. The summed E-state index contributed by atoms with van der Waals surface area (Å²) in [6.45, 7) is 1.98. The molecule has 2 aromatic rings. The molecule has 104 valence electrons. The molecule has 0 radical (unpaired) electrons. The number of benzene rings is 1. The average molecular weight is 274 g/mol. The molecule has 0 atom stereocenters. The van der Waals surface area contributed by atoms with E-state index in [0.717, 1.165) is 0 Å². The minimum atomic E-state index is -0.203. The van der Waals surface area contributed by atoms with E-state index in [0.29, 0.717) is 43.4 Å². The first kappa shape index (κ1) is 12.6. The average Bonchev–Trinajstić information content (AvgIpc) is 2.95. The Labute approximate surface area is 115 Å². The van der Waals surface area contributed by atoms with Gasteiger partial charge in [-0.15, -0.1) is 5.10 Å². The number of aromatic nitrogens is 3. The minimum absolute atomic E-state index is 0.203. The highest BCUT2D eigenvalue weighted by atomic mass is 16.6. The van der Waals surface area contributed by atoms with Crippen LogP contribution < -0.4 is 15.2 Å². The van der Waals surface area contributed by atoms with Gasteiger partial charge in [0.2, 0.25) is 5.78 Å². The molecule has 1 aromatic carbocycles. The van der Waals surface area contributed by atoms with Gasteiger partial charge in [0, 0.05) is 12.1 Å². The van der Waals surface area contributed by atoms with Crippen LogP contribution in [0.3, 0.4) is 0 Å². The van der Waals surface area contributed by atoms with Gasteiger partial charge >= 0.3 is 0 Å². The molecule has 2 heterocycles. The Bertz CT molecular complexity index is 638. The zero-order valence-electron chi connectivity index (χ0n) is 10.8. The van der Waals surface area contributed by atoms with E-state index in [1.807, 2.05) is 0 Å². The maximum atomic E-state index is 12.3. The van der Waals surface area contributed by atoms with Gasteiger partial charge in [-0.05, 0) is 18.2 Å². The molecular formula is C13H14N4O3. The number of hydrogen-bond donors (Lipinski definition) is 1. The quantitative estimate of drug-likeness (QED) is 0.803. The van der Waals surface area contributed by atoms with Gasteiger partial charge in [-0.25, -0.2) is 0 Å². The van der Waals surface area contributed by atoms with Crippen LogP contribution in [0.15, 0.2) is 24.4 Å². The topological polar surface area (TPSA) is 92.3 Å². The molecule has 7 nitrogen and oxygen atoms in total. The van der Waals surface area contributed by atoms with Crippen molar-refractivity contribution in [1.82, 2.24) is 15.0 Å². The Balaban J connectivity index is 1.85. The van der Waals surface area contributed by atoms with Gasteiger partial charge in [-0.2, -0.15) is 0 Å². The Morgan fingerprint density at radius 3 is 2.90 bits per heavy atom. The van der Waals surface area contributed by atoms with E-state index in [2.05, 4.69) is 10.3 Å². The molecule has 0 bridgehead atoms. The molecule has 0 unspecified atom stereocenters. The van der Waals surface area contributed by atoms with E-state index in [-0.39, 0.29) is 11.5 Å². The lowest BCUT2D eigenvalue weighted by Gasteiger charge is -2.18. The highest BCUT2D eigenvalue weighted by Gasteiger charge is 2.18. The second-order valence-corrected chi connectivity index (χ2v) is 4.34. The Morgan fingerprint density at radius 1 is 1.30 bits per heavy atom. The number of hydrogen-bond acceptors (Lipinski definition) is 6. The van der Waals surface area contributed by atoms with Gasteiger partial charge in [0.05, 0.1) is 12.7 Å². The summed E-state index contributed by atoms with van der Waals surface area (Å²) in [5.74, 6) is 1.03.